The summed E-state index contributed by atoms with van der Waals surface area (Å²) < 4.78 is 0.922. The minimum atomic E-state index is 0.560. The number of thioether (sulfide) groups is 1. The Kier molecular flexibility index (Phi) is 2.74. The second kappa shape index (κ2) is 3.84. The van der Waals surface area contributed by atoms with Crippen LogP contribution < -0.4 is 5.32 Å². The highest BCUT2D eigenvalue weighted by molar-refractivity contribution is 9.10. The monoisotopic (exact) mass is 259 g/mol. The number of hydrogen-bond acceptors (Lipinski definition) is 4. The highest BCUT2D eigenvalue weighted by Gasteiger charge is 2.23. The minimum Gasteiger partial charge on any atom is -0.372 e. The van der Waals surface area contributed by atoms with Crippen LogP contribution in [-0.4, -0.2) is 28.5 Å². The van der Waals surface area contributed by atoms with E-state index in [-0.39, 0.29) is 0 Å². The summed E-state index contributed by atoms with van der Waals surface area (Å²) in [6.07, 6.45) is 1.82. The number of hydrogen-bond donors (Lipinski definition) is 1. The second-order valence-corrected chi connectivity index (χ2v) is 4.84. The van der Waals surface area contributed by atoms with Crippen molar-refractivity contribution in [3.05, 3.63) is 16.5 Å². The number of rotatable bonds is 2. The number of anilines is 1. The molecule has 0 radical (unpaired) electrons. The van der Waals surface area contributed by atoms with Crippen LogP contribution in [-0.2, 0) is 0 Å². The van der Waals surface area contributed by atoms with Crippen LogP contribution in [0, 0.1) is 0 Å². The first-order chi connectivity index (χ1) is 6.31. The Morgan fingerprint density at radius 3 is 2.92 bits per heavy atom. The van der Waals surface area contributed by atoms with Gasteiger partial charge in [0, 0.05) is 30.7 Å². The van der Waals surface area contributed by atoms with Gasteiger partial charge in [0.15, 0.2) is 0 Å². The smallest absolute Gasteiger partial charge is 0.143 e. The lowest BCUT2D eigenvalue weighted by molar-refractivity contribution is 0.763. The lowest BCUT2D eigenvalue weighted by atomic mass is 10.2. The molecule has 2 rings (SSSR count). The molecule has 0 bridgehead atoms. The van der Waals surface area contributed by atoms with Crippen molar-refractivity contribution in [1.82, 2.24) is 9.97 Å². The minimum absolute atomic E-state index is 0.560. The van der Waals surface area contributed by atoms with Crippen molar-refractivity contribution in [3.63, 3.8) is 0 Å². The van der Waals surface area contributed by atoms with E-state index in [4.69, 9.17) is 0 Å². The summed E-state index contributed by atoms with van der Waals surface area (Å²) in [4.78, 5) is 8.73. The first-order valence-electron chi connectivity index (χ1n) is 4.09. The van der Waals surface area contributed by atoms with Gasteiger partial charge < -0.3 is 5.32 Å². The molecular weight excluding hydrogens is 250 g/mol. The largest absolute Gasteiger partial charge is 0.372 e. The molecule has 0 atom stereocenters. The lowest BCUT2D eigenvalue weighted by Gasteiger charge is -2.23. The molecule has 1 aromatic rings. The van der Waals surface area contributed by atoms with Gasteiger partial charge in [-0.05, 0) is 15.9 Å². The Hall–Kier alpha value is -0.290. The fraction of sp³-hybridized carbons (Fsp3) is 0.500. The first kappa shape index (κ1) is 9.27. The van der Waals surface area contributed by atoms with E-state index in [0.29, 0.717) is 5.92 Å². The molecule has 0 amide bonds. The quantitative estimate of drug-likeness (QED) is 0.883. The third kappa shape index (κ3) is 1.81. The Bertz CT molecular complexity index is 314. The lowest BCUT2D eigenvalue weighted by Crippen LogP contribution is -2.18. The summed E-state index contributed by atoms with van der Waals surface area (Å²) in [7, 11) is 1.87. The van der Waals surface area contributed by atoms with E-state index < -0.39 is 0 Å². The van der Waals surface area contributed by atoms with Crippen LogP contribution in [0.25, 0.3) is 0 Å². The second-order valence-electron chi connectivity index (χ2n) is 2.91. The molecular formula is C8H10BrN3S. The number of nitrogens with zero attached hydrogens (tertiary/aromatic N) is 2. The predicted molar refractivity (Wildman–Crippen MR) is 59.3 cm³/mol. The Balaban J connectivity index is 2.26. The summed E-state index contributed by atoms with van der Waals surface area (Å²) in [5.74, 6) is 4.72. The van der Waals surface area contributed by atoms with Gasteiger partial charge in [0.1, 0.15) is 11.6 Å². The molecule has 1 fully saturated rings. The first-order valence-corrected chi connectivity index (χ1v) is 6.04. The predicted octanol–water partition coefficient (Wildman–Crippen LogP) is 2.11. The van der Waals surface area contributed by atoms with Crippen molar-refractivity contribution in [2.75, 3.05) is 23.9 Å². The van der Waals surface area contributed by atoms with Crippen LogP contribution in [0.15, 0.2) is 10.7 Å². The fourth-order valence-corrected chi connectivity index (χ4v) is 2.30. The van der Waals surface area contributed by atoms with E-state index in [2.05, 4.69) is 31.2 Å². The van der Waals surface area contributed by atoms with Crippen LogP contribution >= 0.6 is 27.7 Å². The molecule has 5 heteroatoms. The molecule has 0 unspecified atom stereocenters. The topological polar surface area (TPSA) is 37.8 Å². The van der Waals surface area contributed by atoms with Gasteiger partial charge in [0.2, 0.25) is 0 Å². The third-order valence-electron chi connectivity index (χ3n) is 2.00. The molecule has 1 N–H and O–H groups in total. The van der Waals surface area contributed by atoms with E-state index in [1.165, 1.54) is 0 Å². The van der Waals surface area contributed by atoms with Crippen molar-refractivity contribution < 1.29 is 0 Å². The average molecular weight is 260 g/mol. The molecule has 1 aromatic heterocycles. The highest BCUT2D eigenvalue weighted by Crippen LogP contribution is 2.33. The van der Waals surface area contributed by atoms with Crippen LogP contribution in [0.3, 0.4) is 0 Å². The fourth-order valence-electron chi connectivity index (χ4n) is 1.14. The molecule has 13 heavy (non-hydrogen) atoms. The van der Waals surface area contributed by atoms with Crippen LogP contribution in [0.5, 0.6) is 0 Å². The Morgan fingerprint density at radius 1 is 1.62 bits per heavy atom. The van der Waals surface area contributed by atoms with Gasteiger partial charge in [-0.2, -0.15) is 11.8 Å². The SMILES string of the molecule is CNc1nc(C2CSC2)ncc1Br. The zero-order chi connectivity index (χ0) is 9.26. The maximum absolute atomic E-state index is 4.43. The molecule has 2 heterocycles. The zero-order valence-electron chi connectivity index (χ0n) is 7.25. The summed E-state index contributed by atoms with van der Waals surface area (Å²) in [5, 5.41) is 3.03. The highest BCUT2D eigenvalue weighted by atomic mass is 79.9. The van der Waals surface area contributed by atoms with Gasteiger partial charge in [-0.25, -0.2) is 9.97 Å². The van der Waals surface area contributed by atoms with Gasteiger partial charge in [-0.1, -0.05) is 0 Å². The number of aromatic nitrogens is 2. The summed E-state index contributed by atoms with van der Waals surface area (Å²) in [5.41, 5.74) is 0. The van der Waals surface area contributed by atoms with Gasteiger partial charge in [0.25, 0.3) is 0 Å². The van der Waals surface area contributed by atoms with Crippen molar-refractivity contribution in [3.8, 4) is 0 Å². The summed E-state index contributed by atoms with van der Waals surface area (Å²) in [6, 6.07) is 0. The van der Waals surface area contributed by atoms with Gasteiger partial charge >= 0.3 is 0 Å². The van der Waals surface area contributed by atoms with Crippen molar-refractivity contribution in [2.45, 2.75) is 5.92 Å². The molecule has 1 aliphatic rings. The van der Waals surface area contributed by atoms with Crippen molar-refractivity contribution >= 4 is 33.5 Å². The molecule has 1 saturated heterocycles. The van der Waals surface area contributed by atoms with Crippen LogP contribution in [0.2, 0.25) is 0 Å². The van der Waals surface area contributed by atoms with E-state index in [0.717, 1.165) is 27.6 Å². The van der Waals surface area contributed by atoms with Crippen molar-refractivity contribution in [1.29, 1.82) is 0 Å². The standard InChI is InChI=1S/C8H10BrN3S/c1-10-8-6(9)2-11-7(12-8)5-3-13-4-5/h2,5H,3-4H2,1H3,(H,10,11,12). The van der Waals surface area contributed by atoms with Gasteiger partial charge in [-0.3, -0.25) is 0 Å². The van der Waals surface area contributed by atoms with Crippen molar-refractivity contribution in [2.24, 2.45) is 0 Å². The van der Waals surface area contributed by atoms with E-state index in [9.17, 15) is 0 Å². The molecule has 3 nitrogen and oxygen atoms in total. The average Bonchev–Trinajstić information content (AvgIpc) is 2.05. The van der Waals surface area contributed by atoms with Gasteiger partial charge in [0.05, 0.1) is 4.47 Å². The normalized spacial score (nSPS) is 16.8. The van der Waals surface area contributed by atoms with E-state index in [1.54, 1.807) is 0 Å². The van der Waals surface area contributed by atoms with E-state index in [1.807, 2.05) is 25.0 Å². The van der Waals surface area contributed by atoms with Crippen LogP contribution in [0.1, 0.15) is 11.7 Å². The van der Waals surface area contributed by atoms with Crippen LogP contribution in [0.4, 0.5) is 5.82 Å². The molecule has 0 aromatic carbocycles. The molecule has 1 aliphatic heterocycles. The van der Waals surface area contributed by atoms with Gasteiger partial charge in [-0.15, -0.1) is 0 Å². The summed E-state index contributed by atoms with van der Waals surface area (Å²) >= 11 is 5.33. The maximum atomic E-state index is 4.43. The number of halogens is 1. The zero-order valence-corrected chi connectivity index (χ0v) is 9.65. The maximum Gasteiger partial charge on any atom is 0.143 e. The summed E-state index contributed by atoms with van der Waals surface area (Å²) in [6.45, 7) is 0. The number of nitrogens with one attached hydrogen (secondary N) is 1. The molecule has 70 valence electrons. The molecule has 0 spiro atoms. The third-order valence-corrected chi connectivity index (χ3v) is 3.86. The Labute approximate surface area is 89.9 Å². The molecule has 0 saturated carbocycles. The van der Waals surface area contributed by atoms with E-state index >= 15 is 0 Å². The Morgan fingerprint density at radius 2 is 2.38 bits per heavy atom. The molecule has 0 aliphatic carbocycles.